The summed E-state index contributed by atoms with van der Waals surface area (Å²) >= 11 is 0. The average molecular weight is 249 g/mol. The molecule has 7 heteroatoms. The van der Waals surface area contributed by atoms with Gasteiger partial charge in [0.15, 0.2) is 5.25 Å². The molecule has 0 aromatic rings. The maximum absolute atomic E-state index is 11.8. The van der Waals surface area contributed by atoms with E-state index in [1.54, 1.807) is 0 Å². The van der Waals surface area contributed by atoms with Crippen LogP contribution in [-0.2, 0) is 14.8 Å². The van der Waals surface area contributed by atoms with Crippen LogP contribution in [0.4, 0.5) is 0 Å². The fraction of sp³-hybridized carbons (Fsp3) is 0.889. The zero-order valence-corrected chi connectivity index (χ0v) is 10.6. The van der Waals surface area contributed by atoms with E-state index in [0.29, 0.717) is 12.8 Å². The first-order chi connectivity index (χ1) is 7.24. The fourth-order valence-electron chi connectivity index (χ4n) is 1.59. The number of carbonyl (C=O) groups is 1. The smallest absolute Gasteiger partial charge is 0.241 e. The molecule has 0 aromatic heterocycles. The third-order valence-electron chi connectivity index (χ3n) is 2.76. The van der Waals surface area contributed by atoms with E-state index in [1.165, 1.54) is 25.9 Å². The van der Waals surface area contributed by atoms with E-state index < -0.39 is 21.2 Å². The van der Waals surface area contributed by atoms with Crippen molar-refractivity contribution in [1.29, 1.82) is 0 Å². The lowest BCUT2D eigenvalue weighted by atomic mass is 9.89. The molecule has 94 valence electrons. The summed E-state index contributed by atoms with van der Waals surface area (Å²) in [5, 5.41) is -1.06. The van der Waals surface area contributed by atoms with Gasteiger partial charge in [0, 0.05) is 26.2 Å². The van der Waals surface area contributed by atoms with Crippen molar-refractivity contribution in [2.24, 2.45) is 5.73 Å². The highest BCUT2D eigenvalue weighted by Crippen LogP contribution is 2.19. The highest BCUT2D eigenvalue weighted by atomic mass is 32.2. The molecule has 0 aromatic carbocycles. The van der Waals surface area contributed by atoms with Crippen molar-refractivity contribution in [3.8, 4) is 0 Å². The molecule has 1 rings (SSSR count). The highest BCUT2D eigenvalue weighted by Gasteiger charge is 2.35. The first kappa shape index (κ1) is 13.4. The summed E-state index contributed by atoms with van der Waals surface area (Å²) < 4.78 is 26.1. The summed E-state index contributed by atoms with van der Waals surface area (Å²) in [5.74, 6) is -0.420. The van der Waals surface area contributed by atoms with E-state index in [2.05, 4.69) is 4.72 Å². The largest absolute Gasteiger partial charge is 0.348 e. The molecule has 1 aliphatic rings. The van der Waals surface area contributed by atoms with Gasteiger partial charge in [-0.15, -0.1) is 0 Å². The summed E-state index contributed by atoms with van der Waals surface area (Å²) in [6.07, 6.45) is 1.28. The van der Waals surface area contributed by atoms with Crippen LogP contribution in [0.5, 0.6) is 0 Å². The fourth-order valence-corrected chi connectivity index (χ4v) is 2.93. The summed E-state index contributed by atoms with van der Waals surface area (Å²) in [6.45, 7) is 1.39. The molecule has 1 atom stereocenters. The van der Waals surface area contributed by atoms with Gasteiger partial charge in [0.05, 0.1) is 0 Å². The molecule has 6 nitrogen and oxygen atoms in total. The Morgan fingerprint density at radius 2 is 1.94 bits per heavy atom. The van der Waals surface area contributed by atoms with Gasteiger partial charge in [-0.25, -0.2) is 13.1 Å². The van der Waals surface area contributed by atoms with Crippen molar-refractivity contribution in [3.05, 3.63) is 0 Å². The zero-order chi connectivity index (χ0) is 12.5. The Kier molecular flexibility index (Phi) is 3.92. The molecule has 0 spiro atoms. The molecule has 0 aliphatic heterocycles. The molecule has 1 fully saturated rings. The molecule has 16 heavy (non-hydrogen) atoms. The number of carbonyl (C=O) groups excluding carboxylic acids is 1. The monoisotopic (exact) mass is 249 g/mol. The van der Waals surface area contributed by atoms with Crippen LogP contribution >= 0.6 is 0 Å². The maximum atomic E-state index is 11.8. The van der Waals surface area contributed by atoms with Gasteiger partial charge in [-0.05, 0) is 19.8 Å². The van der Waals surface area contributed by atoms with E-state index in [9.17, 15) is 13.2 Å². The Morgan fingerprint density at radius 3 is 2.31 bits per heavy atom. The number of amides is 1. The third-order valence-corrected chi connectivity index (χ3v) is 4.55. The number of nitrogens with zero attached hydrogens (tertiary/aromatic N) is 1. The van der Waals surface area contributed by atoms with E-state index in [1.807, 2.05) is 0 Å². The Balaban J connectivity index is 2.60. The van der Waals surface area contributed by atoms with Gasteiger partial charge in [-0.2, -0.15) is 0 Å². The predicted molar refractivity (Wildman–Crippen MR) is 61.2 cm³/mol. The van der Waals surface area contributed by atoms with E-state index in [0.717, 1.165) is 0 Å². The van der Waals surface area contributed by atoms with Gasteiger partial charge in [-0.3, -0.25) is 4.79 Å². The van der Waals surface area contributed by atoms with Crippen LogP contribution in [0.2, 0.25) is 0 Å². The van der Waals surface area contributed by atoms with Crippen molar-refractivity contribution in [2.45, 2.75) is 37.1 Å². The van der Waals surface area contributed by atoms with Crippen molar-refractivity contribution in [3.63, 3.8) is 0 Å². The highest BCUT2D eigenvalue weighted by molar-refractivity contribution is 7.90. The van der Waals surface area contributed by atoms with Crippen LogP contribution < -0.4 is 10.5 Å². The molecule has 1 amide bonds. The second kappa shape index (κ2) is 4.68. The molecule has 0 saturated heterocycles. The molecular formula is C9H19N3O3S. The molecule has 1 unspecified atom stereocenters. The van der Waals surface area contributed by atoms with Crippen LogP contribution in [-0.4, -0.2) is 50.7 Å². The predicted octanol–water partition coefficient (Wildman–Crippen LogP) is -1.13. The van der Waals surface area contributed by atoms with Gasteiger partial charge in [-0.1, -0.05) is 0 Å². The van der Waals surface area contributed by atoms with E-state index >= 15 is 0 Å². The molecule has 1 aliphatic carbocycles. The summed E-state index contributed by atoms with van der Waals surface area (Å²) in [4.78, 5) is 12.8. The lowest BCUT2D eigenvalue weighted by Crippen LogP contribution is -2.53. The molecule has 1 saturated carbocycles. The normalized spacial score (nSPS) is 27.0. The SMILES string of the molecule is CC(C(=O)N(C)C)S(=O)(=O)NC1CC(N)C1. The van der Waals surface area contributed by atoms with Gasteiger partial charge < -0.3 is 10.6 Å². The van der Waals surface area contributed by atoms with Gasteiger partial charge in [0.25, 0.3) is 0 Å². The minimum absolute atomic E-state index is 0.0764. The Labute approximate surface area is 96.2 Å². The molecule has 0 heterocycles. The Hall–Kier alpha value is -0.660. The van der Waals surface area contributed by atoms with Crippen LogP contribution in [0.25, 0.3) is 0 Å². The average Bonchev–Trinajstić information content (AvgIpc) is 2.12. The number of hydrogen-bond donors (Lipinski definition) is 2. The lowest BCUT2D eigenvalue weighted by Gasteiger charge is -2.33. The summed E-state index contributed by atoms with van der Waals surface area (Å²) in [6, 6.07) is -0.0371. The Bertz CT molecular complexity index is 360. The van der Waals surface area contributed by atoms with Crippen LogP contribution in [0.3, 0.4) is 0 Å². The van der Waals surface area contributed by atoms with Gasteiger partial charge >= 0.3 is 0 Å². The molecular weight excluding hydrogens is 230 g/mol. The second-order valence-electron chi connectivity index (χ2n) is 4.47. The van der Waals surface area contributed by atoms with Crippen LogP contribution in [0.1, 0.15) is 19.8 Å². The first-order valence-corrected chi connectivity index (χ1v) is 6.76. The number of sulfonamides is 1. The first-order valence-electron chi connectivity index (χ1n) is 5.22. The van der Waals surface area contributed by atoms with Crippen molar-refractivity contribution >= 4 is 15.9 Å². The third kappa shape index (κ3) is 2.93. The van der Waals surface area contributed by atoms with Crippen LogP contribution in [0, 0.1) is 0 Å². The quantitative estimate of drug-likeness (QED) is 0.659. The van der Waals surface area contributed by atoms with E-state index in [4.69, 9.17) is 5.73 Å². The maximum Gasteiger partial charge on any atom is 0.241 e. The lowest BCUT2D eigenvalue weighted by molar-refractivity contribution is -0.127. The number of nitrogens with one attached hydrogen (secondary N) is 1. The van der Waals surface area contributed by atoms with E-state index in [-0.39, 0.29) is 12.1 Å². The minimum atomic E-state index is -3.58. The zero-order valence-electron chi connectivity index (χ0n) is 9.80. The van der Waals surface area contributed by atoms with Crippen molar-refractivity contribution in [2.75, 3.05) is 14.1 Å². The Morgan fingerprint density at radius 1 is 1.44 bits per heavy atom. The van der Waals surface area contributed by atoms with Crippen molar-refractivity contribution in [1.82, 2.24) is 9.62 Å². The number of rotatable bonds is 4. The summed E-state index contributed by atoms with van der Waals surface area (Å²) in [7, 11) is -0.514. The summed E-state index contributed by atoms with van der Waals surface area (Å²) in [5.41, 5.74) is 5.56. The molecule has 0 radical (unpaired) electrons. The number of nitrogens with two attached hydrogens (primary N) is 1. The van der Waals surface area contributed by atoms with Gasteiger partial charge in [0.2, 0.25) is 15.9 Å². The van der Waals surface area contributed by atoms with Gasteiger partial charge in [0.1, 0.15) is 0 Å². The second-order valence-corrected chi connectivity index (χ2v) is 6.50. The molecule has 3 N–H and O–H groups in total. The van der Waals surface area contributed by atoms with Crippen LogP contribution in [0.15, 0.2) is 0 Å². The molecule has 0 bridgehead atoms. The standard InChI is InChI=1S/C9H19N3O3S/c1-6(9(13)12(2)3)16(14,15)11-8-4-7(10)5-8/h6-8,11H,4-5,10H2,1-3H3. The number of hydrogen-bond acceptors (Lipinski definition) is 4. The minimum Gasteiger partial charge on any atom is -0.348 e. The van der Waals surface area contributed by atoms with Crippen molar-refractivity contribution < 1.29 is 13.2 Å². The topological polar surface area (TPSA) is 92.5 Å².